The molecule has 0 amide bonds. The largest absolute Gasteiger partial charge is 0.545 e. The Morgan fingerprint density at radius 3 is 2.33 bits per heavy atom. The highest BCUT2D eigenvalue weighted by Crippen LogP contribution is 2.01. The maximum absolute atomic E-state index is 10.1. The van der Waals surface area contributed by atoms with E-state index < -0.39 is 5.97 Å². The second kappa shape index (κ2) is 4.13. The molecule has 0 atom stereocenters. The Hall–Kier alpha value is -0.790. The van der Waals surface area contributed by atoms with Crippen molar-refractivity contribution in [2.45, 2.75) is 26.7 Å². The van der Waals surface area contributed by atoms with E-state index in [4.69, 9.17) is 0 Å². The molecule has 0 unspecified atom stereocenters. The van der Waals surface area contributed by atoms with Crippen LogP contribution in [0.25, 0.3) is 0 Å². The van der Waals surface area contributed by atoms with Gasteiger partial charge in [-0.25, -0.2) is 0 Å². The van der Waals surface area contributed by atoms with Crippen molar-refractivity contribution in [1.29, 1.82) is 0 Å². The maximum Gasteiger partial charge on any atom is 0.0671 e. The topological polar surface area (TPSA) is 40.1 Å². The summed E-state index contributed by atoms with van der Waals surface area (Å²) in [5.74, 6) is -1.04. The third-order valence-corrected chi connectivity index (χ3v) is 1.13. The van der Waals surface area contributed by atoms with Crippen LogP contribution in [0.15, 0.2) is 11.6 Å². The zero-order chi connectivity index (χ0) is 7.28. The van der Waals surface area contributed by atoms with Gasteiger partial charge in [0, 0.05) is 0 Å². The van der Waals surface area contributed by atoms with E-state index in [0.717, 1.165) is 6.42 Å². The minimum atomic E-state index is -1.04. The van der Waals surface area contributed by atoms with E-state index in [1.165, 1.54) is 0 Å². The zero-order valence-electron chi connectivity index (χ0n) is 5.81. The number of carbonyl (C=O) groups is 1. The quantitative estimate of drug-likeness (QED) is 0.517. The van der Waals surface area contributed by atoms with Crippen LogP contribution < -0.4 is 5.11 Å². The van der Waals surface area contributed by atoms with Gasteiger partial charge < -0.3 is 9.90 Å². The normalized spacial score (nSPS) is 11.6. The fourth-order valence-electron chi connectivity index (χ4n) is 0.634. The molecule has 0 aromatic rings. The van der Waals surface area contributed by atoms with E-state index in [2.05, 4.69) is 0 Å². The predicted molar refractivity (Wildman–Crippen MR) is 33.7 cm³/mol. The Balaban J connectivity index is 3.85. The fraction of sp³-hybridized carbons (Fsp3) is 0.571. The smallest absolute Gasteiger partial charge is 0.0671 e. The molecule has 0 N–H and O–H groups in total. The van der Waals surface area contributed by atoms with Crippen LogP contribution in [0.1, 0.15) is 26.7 Å². The van der Waals surface area contributed by atoms with Crippen LogP contribution in [0.4, 0.5) is 0 Å². The molecule has 0 spiro atoms. The molecule has 0 fully saturated rings. The average Bonchev–Trinajstić information content (AvgIpc) is 1.82. The summed E-state index contributed by atoms with van der Waals surface area (Å²) in [6, 6.07) is 0. The van der Waals surface area contributed by atoms with Gasteiger partial charge in [0.2, 0.25) is 0 Å². The van der Waals surface area contributed by atoms with Crippen LogP contribution in [0.3, 0.4) is 0 Å². The number of carboxylic acid groups (broad SMARTS) is 1. The molecule has 0 heterocycles. The lowest BCUT2D eigenvalue weighted by molar-refractivity contribution is -0.299. The molecule has 2 nitrogen and oxygen atoms in total. The van der Waals surface area contributed by atoms with E-state index in [1.807, 2.05) is 6.92 Å². The van der Waals surface area contributed by atoms with Crippen LogP contribution in [0, 0.1) is 0 Å². The van der Waals surface area contributed by atoms with Gasteiger partial charge in [-0.2, -0.15) is 0 Å². The molecule has 0 bridgehead atoms. The summed E-state index contributed by atoms with van der Waals surface area (Å²) in [6.07, 6.45) is 3.05. The monoisotopic (exact) mass is 127 g/mol. The van der Waals surface area contributed by atoms with Gasteiger partial charge in [0.1, 0.15) is 0 Å². The first-order valence-electron chi connectivity index (χ1n) is 3.08. The molecular weight excluding hydrogens is 116 g/mol. The molecule has 0 aromatic carbocycles. The summed E-state index contributed by atoms with van der Waals surface area (Å²) >= 11 is 0. The standard InChI is InChI=1S/C7H12O2/c1-3-5-6(4-2)7(8)9/h4H,3,5H2,1-2H3,(H,8,9)/p-1. The van der Waals surface area contributed by atoms with Crippen LogP contribution >= 0.6 is 0 Å². The van der Waals surface area contributed by atoms with Crippen molar-refractivity contribution in [1.82, 2.24) is 0 Å². The summed E-state index contributed by atoms with van der Waals surface area (Å²) in [7, 11) is 0. The Morgan fingerprint density at radius 1 is 1.67 bits per heavy atom. The second-order valence-corrected chi connectivity index (χ2v) is 1.85. The molecule has 0 aliphatic rings. The number of aliphatic carboxylic acids is 1. The predicted octanol–water partition coefficient (Wildman–Crippen LogP) is 0.483. The molecule has 2 heteroatoms. The Bertz CT molecular complexity index is 125. The van der Waals surface area contributed by atoms with Crippen molar-refractivity contribution >= 4 is 5.97 Å². The molecule has 9 heavy (non-hydrogen) atoms. The first-order valence-corrected chi connectivity index (χ1v) is 3.08. The van der Waals surface area contributed by atoms with E-state index in [1.54, 1.807) is 13.0 Å². The molecule has 0 aliphatic carbocycles. The van der Waals surface area contributed by atoms with Gasteiger partial charge in [-0.3, -0.25) is 0 Å². The van der Waals surface area contributed by atoms with E-state index in [9.17, 15) is 9.90 Å². The third kappa shape index (κ3) is 2.90. The van der Waals surface area contributed by atoms with Crippen LogP contribution in [0.2, 0.25) is 0 Å². The van der Waals surface area contributed by atoms with Crippen LogP contribution in [-0.2, 0) is 4.79 Å². The number of hydrogen-bond acceptors (Lipinski definition) is 2. The maximum atomic E-state index is 10.1. The SMILES string of the molecule is CC=C(CCC)C(=O)[O-]. The Labute approximate surface area is 55.2 Å². The highest BCUT2D eigenvalue weighted by atomic mass is 16.4. The van der Waals surface area contributed by atoms with Crippen LogP contribution in [-0.4, -0.2) is 5.97 Å². The van der Waals surface area contributed by atoms with Gasteiger partial charge in [0.25, 0.3) is 0 Å². The molecule has 0 saturated heterocycles. The highest BCUT2D eigenvalue weighted by molar-refractivity contribution is 5.84. The lowest BCUT2D eigenvalue weighted by atomic mass is 10.1. The lowest BCUT2D eigenvalue weighted by Crippen LogP contribution is -2.24. The summed E-state index contributed by atoms with van der Waals surface area (Å²) in [4.78, 5) is 10.1. The summed E-state index contributed by atoms with van der Waals surface area (Å²) in [5.41, 5.74) is 0.400. The summed E-state index contributed by atoms with van der Waals surface area (Å²) < 4.78 is 0. The molecule has 0 aliphatic heterocycles. The van der Waals surface area contributed by atoms with Crippen molar-refractivity contribution in [3.63, 3.8) is 0 Å². The van der Waals surface area contributed by atoms with Crippen molar-refractivity contribution < 1.29 is 9.90 Å². The van der Waals surface area contributed by atoms with Crippen molar-refractivity contribution in [2.24, 2.45) is 0 Å². The van der Waals surface area contributed by atoms with Gasteiger partial charge in [-0.1, -0.05) is 19.4 Å². The number of allylic oxidation sites excluding steroid dienone is 1. The number of carbonyl (C=O) groups excluding carboxylic acids is 1. The van der Waals surface area contributed by atoms with Crippen molar-refractivity contribution in [3.05, 3.63) is 11.6 Å². The lowest BCUT2D eigenvalue weighted by Gasteiger charge is -2.04. The van der Waals surface area contributed by atoms with E-state index in [-0.39, 0.29) is 0 Å². The molecule has 0 radical (unpaired) electrons. The second-order valence-electron chi connectivity index (χ2n) is 1.85. The molecule has 0 rings (SSSR count). The molecule has 0 aromatic heterocycles. The Kier molecular flexibility index (Phi) is 3.76. The first kappa shape index (κ1) is 8.21. The van der Waals surface area contributed by atoms with E-state index in [0.29, 0.717) is 12.0 Å². The average molecular weight is 127 g/mol. The number of carboxylic acids is 1. The number of rotatable bonds is 3. The van der Waals surface area contributed by atoms with Crippen LogP contribution in [0.5, 0.6) is 0 Å². The van der Waals surface area contributed by atoms with Crippen molar-refractivity contribution in [3.8, 4) is 0 Å². The number of hydrogen-bond donors (Lipinski definition) is 0. The zero-order valence-corrected chi connectivity index (χ0v) is 5.81. The summed E-state index contributed by atoms with van der Waals surface area (Å²) in [6.45, 7) is 3.65. The Morgan fingerprint density at radius 2 is 2.22 bits per heavy atom. The van der Waals surface area contributed by atoms with E-state index >= 15 is 0 Å². The summed E-state index contributed by atoms with van der Waals surface area (Å²) in [5, 5.41) is 10.1. The fourth-order valence-corrected chi connectivity index (χ4v) is 0.634. The molecular formula is C7H11O2-. The minimum Gasteiger partial charge on any atom is -0.545 e. The molecule has 0 saturated carbocycles. The minimum absolute atomic E-state index is 0.400. The molecule has 52 valence electrons. The van der Waals surface area contributed by atoms with Gasteiger partial charge in [0.05, 0.1) is 5.97 Å². The van der Waals surface area contributed by atoms with Crippen molar-refractivity contribution in [2.75, 3.05) is 0 Å². The van der Waals surface area contributed by atoms with Gasteiger partial charge in [-0.15, -0.1) is 0 Å². The van der Waals surface area contributed by atoms with Gasteiger partial charge in [-0.05, 0) is 18.9 Å². The van der Waals surface area contributed by atoms with Gasteiger partial charge >= 0.3 is 0 Å². The highest BCUT2D eigenvalue weighted by Gasteiger charge is 1.92. The third-order valence-electron chi connectivity index (χ3n) is 1.13. The first-order chi connectivity index (χ1) is 4.22. The van der Waals surface area contributed by atoms with Gasteiger partial charge in [0.15, 0.2) is 0 Å².